The van der Waals surface area contributed by atoms with Crippen molar-refractivity contribution < 1.29 is 9.59 Å². The van der Waals surface area contributed by atoms with Crippen LogP contribution in [0.15, 0.2) is 24.3 Å². The van der Waals surface area contributed by atoms with Crippen LogP contribution in [0.2, 0.25) is 0 Å². The lowest BCUT2D eigenvalue weighted by molar-refractivity contribution is -0.127. The Kier molecular flexibility index (Phi) is 6.30. The SMILES string of the molecule is C#CCN1CCCC[C@H]1C(=O)NCc1ccc(C(=O)N2CCCC2)cc1. The molecule has 1 aromatic rings. The fourth-order valence-electron chi connectivity index (χ4n) is 3.77. The zero-order chi connectivity index (χ0) is 18.4. The molecule has 3 rings (SSSR count). The first-order valence-corrected chi connectivity index (χ1v) is 9.52. The molecule has 2 saturated heterocycles. The lowest BCUT2D eigenvalue weighted by Crippen LogP contribution is -2.49. The van der Waals surface area contributed by atoms with Gasteiger partial charge >= 0.3 is 0 Å². The molecular weight excluding hydrogens is 326 g/mol. The number of hydrogen-bond acceptors (Lipinski definition) is 3. The van der Waals surface area contributed by atoms with Crippen molar-refractivity contribution in [1.29, 1.82) is 0 Å². The second-order valence-corrected chi connectivity index (χ2v) is 7.10. The number of carbonyl (C=O) groups is 2. The average Bonchev–Trinajstić information content (AvgIpc) is 3.21. The Morgan fingerprint density at radius 2 is 1.77 bits per heavy atom. The Labute approximate surface area is 155 Å². The van der Waals surface area contributed by atoms with Crippen molar-refractivity contribution in [3.63, 3.8) is 0 Å². The van der Waals surface area contributed by atoms with Crippen LogP contribution in [0.25, 0.3) is 0 Å². The van der Waals surface area contributed by atoms with Crippen LogP contribution in [0.1, 0.15) is 48.0 Å². The van der Waals surface area contributed by atoms with Crippen LogP contribution in [0, 0.1) is 12.3 Å². The van der Waals surface area contributed by atoms with Gasteiger partial charge in [-0.25, -0.2) is 0 Å². The summed E-state index contributed by atoms with van der Waals surface area (Å²) in [6, 6.07) is 7.42. The van der Waals surface area contributed by atoms with Crippen molar-refractivity contribution in [3.05, 3.63) is 35.4 Å². The average molecular weight is 353 g/mol. The maximum absolute atomic E-state index is 12.5. The molecule has 5 heteroatoms. The number of nitrogens with one attached hydrogen (secondary N) is 1. The topological polar surface area (TPSA) is 52.7 Å². The Balaban J connectivity index is 1.53. The van der Waals surface area contributed by atoms with Crippen molar-refractivity contribution in [2.45, 2.75) is 44.7 Å². The number of amides is 2. The van der Waals surface area contributed by atoms with Gasteiger partial charge in [0.15, 0.2) is 0 Å². The Morgan fingerprint density at radius 3 is 2.46 bits per heavy atom. The predicted octanol–water partition coefficient (Wildman–Crippen LogP) is 2.03. The summed E-state index contributed by atoms with van der Waals surface area (Å²) in [4.78, 5) is 28.9. The predicted molar refractivity (Wildman–Crippen MR) is 101 cm³/mol. The van der Waals surface area contributed by atoms with Crippen LogP contribution in [-0.4, -0.2) is 53.8 Å². The van der Waals surface area contributed by atoms with Crippen molar-refractivity contribution in [2.75, 3.05) is 26.2 Å². The molecule has 0 saturated carbocycles. The Morgan fingerprint density at radius 1 is 1.08 bits per heavy atom. The highest BCUT2D eigenvalue weighted by Crippen LogP contribution is 2.17. The maximum Gasteiger partial charge on any atom is 0.253 e. The first kappa shape index (κ1) is 18.5. The lowest BCUT2D eigenvalue weighted by atomic mass is 10.0. The molecule has 138 valence electrons. The van der Waals surface area contributed by atoms with Gasteiger partial charge in [0.1, 0.15) is 0 Å². The number of likely N-dealkylation sites (tertiary alicyclic amines) is 2. The molecule has 1 aromatic carbocycles. The molecule has 0 unspecified atom stereocenters. The third kappa shape index (κ3) is 4.44. The van der Waals surface area contributed by atoms with E-state index in [1.807, 2.05) is 29.2 Å². The minimum atomic E-state index is -0.129. The van der Waals surface area contributed by atoms with Crippen molar-refractivity contribution in [1.82, 2.24) is 15.1 Å². The van der Waals surface area contributed by atoms with Crippen molar-refractivity contribution in [3.8, 4) is 12.3 Å². The van der Waals surface area contributed by atoms with Gasteiger partial charge in [-0.05, 0) is 49.9 Å². The van der Waals surface area contributed by atoms with Crippen LogP contribution in [-0.2, 0) is 11.3 Å². The molecule has 26 heavy (non-hydrogen) atoms. The molecule has 2 amide bonds. The van der Waals surface area contributed by atoms with Gasteiger partial charge in [-0.1, -0.05) is 24.5 Å². The van der Waals surface area contributed by atoms with E-state index in [1.54, 1.807) is 0 Å². The van der Waals surface area contributed by atoms with Crippen molar-refractivity contribution >= 4 is 11.8 Å². The Bertz CT molecular complexity index is 671. The van der Waals surface area contributed by atoms with Gasteiger partial charge in [-0.15, -0.1) is 6.42 Å². The molecule has 2 aliphatic rings. The van der Waals surface area contributed by atoms with Gasteiger partial charge in [0.05, 0.1) is 12.6 Å². The zero-order valence-electron chi connectivity index (χ0n) is 15.2. The van der Waals surface area contributed by atoms with Crippen LogP contribution in [0.5, 0.6) is 0 Å². The summed E-state index contributed by atoms with van der Waals surface area (Å²) in [5, 5.41) is 3.02. The normalized spacial score (nSPS) is 20.6. The van der Waals surface area contributed by atoms with Gasteiger partial charge in [0, 0.05) is 25.2 Å². The molecule has 5 nitrogen and oxygen atoms in total. The molecule has 2 fully saturated rings. The van der Waals surface area contributed by atoms with E-state index in [1.165, 1.54) is 0 Å². The van der Waals surface area contributed by atoms with E-state index in [0.717, 1.165) is 62.9 Å². The molecule has 2 heterocycles. The minimum Gasteiger partial charge on any atom is -0.351 e. The fraction of sp³-hybridized carbons (Fsp3) is 0.524. The molecule has 0 spiro atoms. The third-order valence-electron chi connectivity index (χ3n) is 5.27. The highest BCUT2D eigenvalue weighted by atomic mass is 16.2. The molecule has 1 atom stereocenters. The van der Waals surface area contributed by atoms with Crippen LogP contribution in [0.3, 0.4) is 0 Å². The maximum atomic E-state index is 12.5. The second-order valence-electron chi connectivity index (χ2n) is 7.10. The molecule has 2 aliphatic heterocycles. The number of terminal acetylenes is 1. The summed E-state index contributed by atoms with van der Waals surface area (Å²) in [7, 11) is 0. The van der Waals surface area contributed by atoms with E-state index in [9.17, 15) is 9.59 Å². The summed E-state index contributed by atoms with van der Waals surface area (Å²) < 4.78 is 0. The fourth-order valence-corrected chi connectivity index (χ4v) is 3.77. The van der Waals surface area contributed by atoms with E-state index >= 15 is 0 Å². The summed E-state index contributed by atoms with van der Waals surface area (Å²) >= 11 is 0. The van der Waals surface area contributed by atoms with Crippen LogP contribution < -0.4 is 5.32 Å². The van der Waals surface area contributed by atoms with Crippen LogP contribution >= 0.6 is 0 Å². The zero-order valence-corrected chi connectivity index (χ0v) is 15.2. The molecule has 1 N–H and O–H groups in total. The summed E-state index contributed by atoms with van der Waals surface area (Å²) in [6.45, 7) is 3.58. The quantitative estimate of drug-likeness (QED) is 0.824. The highest BCUT2D eigenvalue weighted by molar-refractivity contribution is 5.94. The lowest BCUT2D eigenvalue weighted by Gasteiger charge is -2.33. The van der Waals surface area contributed by atoms with Gasteiger partial charge < -0.3 is 10.2 Å². The monoisotopic (exact) mass is 353 g/mol. The largest absolute Gasteiger partial charge is 0.351 e. The van der Waals surface area contributed by atoms with Gasteiger partial charge in [0.25, 0.3) is 5.91 Å². The number of hydrogen-bond donors (Lipinski definition) is 1. The number of carbonyl (C=O) groups excluding carboxylic acids is 2. The van der Waals surface area contributed by atoms with Crippen molar-refractivity contribution in [2.24, 2.45) is 0 Å². The van der Waals surface area contributed by atoms with E-state index in [4.69, 9.17) is 6.42 Å². The van der Waals surface area contributed by atoms with E-state index in [2.05, 4.69) is 16.1 Å². The van der Waals surface area contributed by atoms with E-state index in [0.29, 0.717) is 13.1 Å². The molecule has 0 aliphatic carbocycles. The molecular formula is C21H27N3O2. The van der Waals surface area contributed by atoms with E-state index < -0.39 is 0 Å². The minimum absolute atomic E-state index is 0.0390. The number of benzene rings is 1. The highest BCUT2D eigenvalue weighted by Gasteiger charge is 2.27. The molecule has 0 bridgehead atoms. The second kappa shape index (κ2) is 8.86. The molecule has 0 radical (unpaired) electrons. The standard InChI is InChI=1S/C21H27N3O2/c1-2-12-23-13-4-3-7-19(23)20(25)22-16-17-8-10-18(11-9-17)21(26)24-14-5-6-15-24/h1,8-11,19H,3-7,12-16H2,(H,22,25)/t19-/m0/s1. The summed E-state index contributed by atoms with van der Waals surface area (Å²) in [5.74, 6) is 2.79. The van der Waals surface area contributed by atoms with Gasteiger partial charge in [-0.3, -0.25) is 14.5 Å². The van der Waals surface area contributed by atoms with Gasteiger partial charge in [0.2, 0.25) is 5.91 Å². The van der Waals surface area contributed by atoms with E-state index in [-0.39, 0.29) is 17.9 Å². The number of piperidine rings is 1. The third-order valence-corrected chi connectivity index (χ3v) is 5.27. The van der Waals surface area contributed by atoms with Crippen LogP contribution in [0.4, 0.5) is 0 Å². The molecule has 0 aromatic heterocycles. The first-order valence-electron chi connectivity index (χ1n) is 9.52. The summed E-state index contributed by atoms with van der Waals surface area (Å²) in [5.41, 5.74) is 1.71. The number of nitrogens with zero attached hydrogens (tertiary/aromatic N) is 2. The first-order chi connectivity index (χ1) is 12.7. The van der Waals surface area contributed by atoms with Gasteiger partial charge in [-0.2, -0.15) is 0 Å². The smallest absolute Gasteiger partial charge is 0.253 e. The number of rotatable bonds is 5. The summed E-state index contributed by atoms with van der Waals surface area (Å²) in [6.07, 6.45) is 10.6. The Hall–Kier alpha value is -2.32.